The molecule has 0 spiro atoms. The molecule has 5 heteroatoms. The molecule has 1 atom stereocenters. The molecule has 0 saturated heterocycles. The van der Waals surface area contributed by atoms with Crippen molar-refractivity contribution >= 4 is 16.9 Å². The van der Waals surface area contributed by atoms with Crippen molar-refractivity contribution in [1.82, 2.24) is 10.5 Å². The maximum atomic E-state index is 12.2. The predicted octanol–water partition coefficient (Wildman–Crippen LogP) is 2.22. The minimum atomic E-state index is -0.424. The van der Waals surface area contributed by atoms with Gasteiger partial charge in [-0.3, -0.25) is 4.79 Å². The molecule has 0 radical (unpaired) electrons. The number of rotatable bonds is 5. The summed E-state index contributed by atoms with van der Waals surface area (Å²) in [5.41, 5.74) is 2.12. The van der Waals surface area contributed by atoms with Crippen LogP contribution >= 0.6 is 0 Å². The number of nitrogens with one attached hydrogen (secondary N) is 1. The Hall–Kier alpha value is -2.66. The van der Waals surface area contributed by atoms with E-state index < -0.39 is 6.04 Å². The number of para-hydroxylation sites is 1. The highest BCUT2D eigenvalue weighted by Gasteiger charge is 2.16. The Morgan fingerprint density at radius 2 is 1.86 bits per heavy atom. The summed E-state index contributed by atoms with van der Waals surface area (Å²) in [5, 5.41) is 17.1. The van der Waals surface area contributed by atoms with Gasteiger partial charge in [-0.25, -0.2) is 0 Å². The van der Waals surface area contributed by atoms with Crippen molar-refractivity contribution in [2.24, 2.45) is 0 Å². The standard InChI is InChI=1S/C17H16N2O3/c20-11-15(12-6-2-1-3-7-12)18-17(21)10-14-13-8-4-5-9-16(13)22-19-14/h1-9,15,20H,10-11H2,(H,18,21). The molecule has 22 heavy (non-hydrogen) atoms. The van der Waals surface area contributed by atoms with Crippen molar-refractivity contribution in [3.63, 3.8) is 0 Å². The van der Waals surface area contributed by atoms with Crippen molar-refractivity contribution in [3.05, 3.63) is 65.9 Å². The number of hydrogen-bond acceptors (Lipinski definition) is 4. The number of carbonyl (C=O) groups is 1. The zero-order chi connectivity index (χ0) is 15.4. The second-order valence-corrected chi connectivity index (χ2v) is 5.02. The lowest BCUT2D eigenvalue weighted by Gasteiger charge is -2.16. The van der Waals surface area contributed by atoms with Crippen LogP contribution in [-0.2, 0) is 11.2 Å². The number of nitrogens with zero attached hydrogens (tertiary/aromatic N) is 1. The number of aromatic nitrogens is 1. The Morgan fingerprint density at radius 3 is 2.64 bits per heavy atom. The van der Waals surface area contributed by atoms with E-state index in [4.69, 9.17) is 4.52 Å². The second kappa shape index (κ2) is 6.41. The third-order valence-corrected chi connectivity index (χ3v) is 3.50. The van der Waals surface area contributed by atoms with Crippen LogP contribution in [-0.4, -0.2) is 22.8 Å². The van der Waals surface area contributed by atoms with Crippen LogP contribution in [0.5, 0.6) is 0 Å². The number of amides is 1. The summed E-state index contributed by atoms with van der Waals surface area (Å²) in [5.74, 6) is -0.207. The van der Waals surface area contributed by atoms with Gasteiger partial charge in [0.25, 0.3) is 0 Å². The lowest BCUT2D eigenvalue weighted by Crippen LogP contribution is -2.32. The first-order valence-corrected chi connectivity index (χ1v) is 7.06. The Kier molecular flexibility index (Phi) is 4.16. The molecular formula is C17H16N2O3. The SMILES string of the molecule is O=C(Cc1noc2ccccc12)NC(CO)c1ccccc1. The van der Waals surface area contributed by atoms with Gasteiger partial charge in [0, 0.05) is 5.39 Å². The molecule has 0 saturated carbocycles. The number of aliphatic hydroxyl groups is 1. The van der Waals surface area contributed by atoms with Gasteiger partial charge in [-0.05, 0) is 17.7 Å². The normalized spacial score (nSPS) is 12.2. The van der Waals surface area contributed by atoms with Gasteiger partial charge in [0.15, 0.2) is 5.58 Å². The van der Waals surface area contributed by atoms with E-state index >= 15 is 0 Å². The summed E-state index contributed by atoms with van der Waals surface area (Å²) in [4.78, 5) is 12.2. The summed E-state index contributed by atoms with van der Waals surface area (Å²) in [6.45, 7) is -0.157. The topological polar surface area (TPSA) is 75.4 Å². The number of benzene rings is 2. The highest BCUT2D eigenvalue weighted by molar-refractivity contribution is 5.86. The quantitative estimate of drug-likeness (QED) is 0.757. The molecule has 5 nitrogen and oxygen atoms in total. The molecule has 1 amide bonds. The molecule has 1 heterocycles. The van der Waals surface area contributed by atoms with Crippen LogP contribution in [0.1, 0.15) is 17.3 Å². The Bertz CT molecular complexity index is 768. The largest absolute Gasteiger partial charge is 0.394 e. The molecule has 0 bridgehead atoms. The molecule has 0 aliphatic carbocycles. The average Bonchev–Trinajstić information content (AvgIpc) is 2.96. The average molecular weight is 296 g/mol. The van der Waals surface area contributed by atoms with Crippen LogP contribution in [0.15, 0.2) is 59.1 Å². The molecule has 3 aromatic rings. The van der Waals surface area contributed by atoms with Gasteiger partial charge < -0.3 is 14.9 Å². The van der Waals surface area contributed by atoms with Gasteiger partial charge in [-0.2, -0.15) is 0 Å². The number of hydrogen-bond donors (Lipinski definition) is 2. The first-order chi connectivity index (χ1) is 10.8. The Morgan fingerprint density at radius 1 is 1.14 bits per heavy atom. The Balaban J connectivity index is 1.72. The third kappa shape index (κ3) is 2.99. The van der Waals surface area contributed by atoms with Gasteiger partial charge in [0.2, 0.25) is 5.91 Å². The van der Waals surface area contributed by atoms with Crippen molar-refractivity contribution in [1.29, 1.82) is 0 Å². The van der Waals surface area contributed by atoms with Gasteiger partial charge in [-0.15, -0.1) is 0 Å². The van der Waals surface area contributed by atoms with E-state index in [9.17, 15) is 9.90 Å². The smallest absolute Gasteiger partial charge is 0.226 e. The molecule has 0 aliphatic rings. The second-order valence-electron chi connectivity index (χ2n) is 5.02. The number of carbonyl (C=O) groups excluding carboxylic acids is 1. The van der Waals surface area contributed by atoms with E-state index in [2.05, 4.69) is 10.5 Å². The van der Waals surface area contributed by atoms with E-state index in [0.717, 1.165) is 10.9 Å². The van der Waals surface area contributed by atoms with E-state index in [1.54, 1.807) is 0 Å². The van der Waals surface area contributed by atoms with Gasteiger partial charge in [0.05, 0.1) is 19.1 Å². The van der Waals surface area contributed by atoms with E-state index in [0.29, 0.717) is 11.3 Å². The zero-order valence-electron chi connectivity index (χ0n) is 11.9. The van der Waals surface area contributed by atoms with Gasteiger partial charge >= 0.3 is 0 Å². The van der Waals surface area contributed by atoms with Crippen LogP contribution in [0.3, 0.4) is 0 Å². The van der Waals surface area contributed by atoms with Gasteiger partial charge in [-0.1, -0.05) is 47.6 Å². The molecule has 1 aromatic heterocycles. The first-order valence-electron chi connectivity index (χ1n) is 7.06. The molecule has 0 aliphatic heterocycles. The maximum absolute atomic E-state index is 12.2. The minimum absolute atomic E-state index is 0.111. The zero-order valence-corrected chi connectivity index (χ0v) is 11.9. The van der Waals surface area contributed by atoms with E-state index in [-0.39, 0.29) is 18.9 Å². The molecule has 3 rings (SSSR count). The van der Waals surface area contributed by atoms with E-state index in [1.807, 2.05) is 54.6 Å². The summed E-state index contributed by atoms with van der Waals surface area (Å²) in [6, 6.07) is 16.4. The van der Waals surface area contributed by atoms with Crippen LogP contribution in [0.25, 0.3) is 11.0 Å². The van der Waals surface area contributed by atoms with Crippen molar-refractivity contribution in [2.45, 2.75) is 12.5 Å². The third-order valence-electron chi connectivity index (χ3n) is 3.50. The van der Waals surface area contributed by atoms with Crippen LogP contribution in [0.2, 0.25) is 0 Å². The lowest BCUT2D eigenvalue weighted by atomic mass is 10.1. The highest BCUT2D eigenvalue weighted by Crippen LogP contribution is 2.18. The summed E-state index contributed by atoms with van der Waals surface area (Å²) in [6.07, 6.45) is 0.111. The number of fused-ring (bicyclic) bond motifs is 1. The molecule has 112 valence electrons. The highest BCUT2D eigenvalue weighted by atomic mass is 16.5. The molecule has 0 fully saturated rings. The van der Waals surface area contributed by atoms with Crippen molar-refractivity contribution in [3.8, 4) is 0 Å². The fourth-order valence-electron chi connectivity index (χ4n) is 2.38. The van der Waals surface area contributed by atoms with Crippen molar-refractivity contribution < 1.29 is 14.4 Å². The molecule has 2 N–H and O–H groups in total. The fourth-order valence-corrected chi connectivity index (χ4v) is 2.38. The minimum Gasteiger partial charge on any atom is -0.394 e. The van der Waals surface area contributed by atoms with Gasteiger partial charge in [0.1, 0.15) is 5.69 Å². The van der Waals surface area contributed by atoms with Crippen LogP contribution in [0, 0.1) is 0 Å². The van der Waals surface area contributed by atoms with Crippen LogP contribution < -0.4 is 5.32 Å². The van der Waals surface area contributed by atoms with Crippen LogP contribution in [0.4, 0.5) is 0 Å². The van der Waals surface area contributed by atoms with Crippen molar-refractivity contribution in [2.75, 3.05) is 6.61 Å². The molecule has 1 unspecified atom stereocenters. The maximum Gasteiger partial charge on any atom is 0.226 e. The predicted molar refractivity (Wildman–Crippen MR) is 82.1 cm³/mol. The first kappa shape index (κ1) is 14.3. The number of aliphatic hydroxyl groups excluding tert-OH is 1. The fraction of sp³-hybridized carbons (Fsp3) is 0.176. The summed E-state index contributed by atoms with van der Waals surface area (Å²) < 4.78 is 5.19. The monoisotopic (exact) mass is 296 g/mol. The summed E-state index contributed by atoms with van der Waals surface area (Å²) >= 11 is 0. The lowest BCUT2D eigenvalue weighted by molar-refractivity contribution is -0.121. The molecular weight excluding hydrogens is 280 g/mol. The Labute approximate surface area is 127 Å². The summed E-state index contributed by atoms with van der Waals surface area (Å²) in [7, 11) is 0. The molecule has 2 aromatic carbocycles. The van der Waals surface area contributed by atoms with E-state index in [1.165, 1.54) is 0 Å².